The molecule has 0 bridgehead atoms. The smallest absolute Gasteiger partial charge is 0.252 e. The van der Waals surface area contributed by atoms with Crippen molar-refractivity contribution in [3.8, 4) is 22.3 Å². The van der Waals surface area contributed by atoms with Gasteiger partial charge in [0.15, 0.2) is 0 Å². The molecule has 3 nitrogen and oxygen atoms in total. The van der Waals surface area contributed by atoms with Gasteiger partial charge in [-0.15, -0.1) is 0 Å². The molecule has 0 amide bonds. The molecule has 13 rings (SSSR count). The van der Waals surface area contributed by atoms with Gasteiger partial charge in [0.2, 0.25) is 0 Å². The number of hydrogen-bond donors (Lipinski definition) is 0. The molecule has 0 radical (unpaired) electrons. The van der Waals surface area contributed by atoms with Crippen LogP contribution in [0.4, 0.5) is 45.5 Å². The Labute approximate surface area is 499 Å². The minimum absolute atomic E-state index is 0.0103. The third-order valence-electron chi connectivity index (χ3n) is 21.0. The number of anilines is 8. The lowest BCUT2D eigenvalue weighted by Crippen LogP contribution is -2.64. The average molecular weight is 1090 g/mol. The summed E-state index contributed by atoms with van der Waals surface area (Å²) in [7, 11) is 0. The summed E-state index contributed by atoms with van der Waals surface area (Å²) in [6.07, 6.45) is 4.74. The first-order chi connectivity index (χ1) is 38.8. The third-order valence-corrected chi connectivity index (χ3v) is 21.0. The molecule has 8 aromatic rings. The van der Waals surface area contributed by atoms with E-state index in [1.54, 1.807) is 5.56 Å². The van der Waals surface area contributed by atoms with E-state index >= 15 is 0 Å². The predicted molar refractivity (Wildman–Crippen MR) is 360 cm³/mol. The van der Waals surface area contributed by atoms with Gasteiger partial charge in [-0.25, -0.2) is 0 Å². The largest absolute Gasteiger partial charge is 0.335 e. The van der Waals surface area contributed by atoms with Gasteiger partial charge in [-0.1, -0.05) is 235 Å². The zero-order valence-electron chi connectivity index (χ0n) is 53.7. The van der Waals surface area contributed by atoms with E-state index in [0.29, 0.717) is 0 Å². The lowest BCUT2D eigenvalue weighted by atomic mass is 9.33. The maximum Gasteiger partial charge on any atom is 0.252 e. The van der Waals surface area contributed by atoms with E-state index in [0.717, 1.165) is 24.2 Å². The molecule has 1 fully saturated rings. The van der Waals surface area contributed by atoms with Gasteiger partial charge in [0.05, 0.1) is 16.9 Å². The molecule has 0 spiro atoms. The minimum atomic E-state index is -0.247. The Bertz CT molecular complexity index is 3880. The summed E-state index contributed by atoms with van der Waals surface area (Å²) in [6, 6.07) is 61.0. The molecule has 4 heteroatoms. The van der Waals surface area contributed by atoms with E-state index in [2.05, 4.69) is 298 Å². The number of benzene rings is 8. The Morgan fingerprint density at radius 1 is 0.398 bits per heavy atom. The van der Waals surface area contributed by atoms with Crippen LogP contribution in [0.3, 0.4) is 0 Å². The lowest BCUT2D eigenvalue weighted by Gasteiger charge is -2.53. The fraction of sp³-hybridized carbons (Fsp3) is 0.392. The van der Waals surface area contributed by atoms with E-state index < -0.39 is 0 Å². The highest BCUT2D eigenvalue weighted by Crippen LogP contribution is 2.63. The molecule has 83 heavy (non-hydrogen) atoms. The first-order valence-corrected chi connectivity index (χ1v) is 31.3. The number of fused-ring (bicyclic) bond motifs is 10. The predicted octanol–water partition coefficient (Wildman–Crippen LogP) is 20.0. The SMILES string of the molecule is CC(C)(C)c1ccc(N(c2ccc(C(C)(C)C)cc2)c2cc3c4c(c2)N2c5c(cc(C(C)(C)C)cc5C5(C)CCCCC25C)B4c2cc4c(cc2N3c2ccc(C(C)(C)C)cc2-c2ccccc2)C(C)(C)c2cc(C(C)(C)C)ccc2-4)cc1. The van der Waals surface area contributed by atoms with Crippen LogP contribution in [-0.2, 0) is 37.9 Å². The van der Waals surface area contributed by atoms with Crippen LogP contribution < -0.4 is 31.1 Å². The summed E-state index contributed by atoms with van der Waals surface area (Å²) in [4.78, 5) is 8.27. The summed E-state index contributed by atoms with van der Waals surface area (Å²) in [5.74, 6) is 0. The summed E-state index contributed by atoms with van der Waals surface area (Å²) >= 11 is 0. The van der Waals surface area contributed by atoms with Crippen molar-refractivity contribution in [1.29, 1.82) is 0 Å². The molecule has 0 N–H and O–H groups in total. The number of rotatable bonds is 5. The van der Waals surface area contributed by atoms with E-state index in [9.17, 15) is 0 Å². The summed E-state index contributed by atoms with van der Waals surface area (Å²) in [5, 5.41) is 0. The number of hydrogen-bond acceptors (Lipinski definition) is 3. The Morgan fingerprint density at radius 3 is 1.51 bits per heavy atom. The fourth-order valence-corrected chi connectivity index (χ4v) is 15.6. The summed E-state index contributed by atoms with van der Waals surface area (Å²) in [6.45, 7) is 45.6. The highest BCUT2D eigenvalue weighted by Gasteiger charge is 2.62. The van der Waals surface area contributed by atoms with E-state index in [1.807, 2.05) is 0 Å². The van der Waals surface area contributed by atoms with Gasteiger partial charge < -0.3 is 14.7 Å². The van der Waals surface area contributed by atoms with Crippen molar-refractivity contribution >= 4 is 68.6 Å². The summed E-state index contributed by atoms with van der Waals surface area (Å²) in [5.41, 5.74) is 30.1. The van der Waals surface area contributed by atoms with Crippen LogP contribution in [0.1, 0.15) is 202 Å². The molecule has 3 aliphatic heterocycles. The van der Waals surface area contributed by atoms with Crippen LogP contribution in [0.5, 0.6) is 0 Å². The van der Waals surface area contributed by atoms with Crippen LogP contribution in [0, 0.1) is 0 Å². The van der Waals surface area contributed by atoms with Crippen molar-refractivity contribution in [3.63, 3.8) is 0 Å². The monoisotopic (exact) mass is 1090 g/mol. The van der Waals surface area contributed by atoms with Crippen LogP contribution in [0.25, 0.3) is 22.3 Å². The van der Waals surface area contributed by atoms with Gasteiger partial charge in [-0.3, -0.25) is 0 Å². The third kappa shape index (κ3) is 8.39. The zero-order chi connectivity index (χ0) is 59.1. The van der Waals surface area contributed by atoms with Crippen LogP contribution in [0.2, 0.25) is 0 Å². The highest BCUT2D eigenvalue weighted by molar-refractivity contribution is 7.00. The lowest BCUT2D eigenvalue weighted by molar-refractivity contribution is 0.195. The fourth-order valence-electron chi connectivity index (χ4n) is 15.6. The molecule has 0 saturated heterocycles. The van der Waals surface area contributed by atoms with Crippen molar-refractivity contribution in [1.82, 2.24) is 0 Å². The molecule has 5 aliphatic rings. The molecule has 8 aromatic carbocycles. The molecule has 424 valence electrons. The first-order valence-electron chi connectivity index (χ1n) is 31.3. The quantitative estimate of drug-likeness (QED) is 0.159. The molecular weight excluding hydrogens is 1000 g/mol. The standard InChI is InChI=1S/C79H90BN3/c1-72(2,3)50-27-33-55(34-28-50)81(56-35-29-51(30-36-56)73(4,5)6)57-45-68-70-69(46-57)83-71-63(78(18)39-23-24-40-79(78,83)19)43-54(76(13,14)15)44-65(71)80(70)64-47-60-58-37-31-53(75(10,11)12)42-61(58)77(16,17)62(60)48-67(64)82(68)66-38-32-52(74(7,8)9)41-59(66)49-25-21-20-22-26-49/h20-22,25-38,41-48H,23-24,39-40H2,1-19H3. The molecule has 0 aromatic heterocycles. The Balaban J connectivity index is 1.20. The van der Waals surface area contributed by atoms with Crippen LogP contribution in [-0.4, -0.2) is 12.3 Å². The van der Waals surface area contributed by atoms with Gasteiger partial charge in [0, 0.05) is 50.5 Å². The van der Waals surface area contributed by atoms with Gasteiger partial charge >= 0.3 is 0 Å². The van der Waals surface area contributed by atoms with Crippen molar-refractivity contribution < 1.29 is 0 Å². The van der Waals surface area contributed by atoms with Gasteiger partial charge in [0.1, 0.15) is 0 Å². The topological polar surface area (TPSA) is 9.72 Å². The normalized spacial score (nSPS) is 19.4. The van der Waals surface area contributed by atoms with Crippen molar-refractivity contribution in [3.05, 3.63) is 196 Å². The van der Waals surface area contributed by atoms with Crippen molar-refractivity contribution in [2.45, 2.75) is 201 Å². The molecule has 3 heterocycles. The average Bonchev–Trinajstić information content (AvgIpc) is 1.62. The maximum absolute atomic E-state index is 2.94. The Morgan fingerprint density at radius 2 is 0.916 bits per heavy atom. The van der Waals surface area contributed by atoms with Crippen molar-refractivity contribution in [2.75, 3.05) is 14.7 Å². The van der Waals surface area contributed by atoms with Gasteiger partial charge in [0.25, 0.3) is 6.71 Å². The first kappa shape index (κ1) is 55.4. The van der Waals surface area contributed by atoms with E-state index in [4.69, 9.17) is 0 Å². The van der Waals surface area contributed by atoms with Crippen LogP contribution >= 0.6 is 0 Å². The Hall–Kier alpha value is -6.78. The van der Waals surface area contributed by atoms with Gasteiger partial charge in [-0.05, 0) is 179 Å². The van der Waals surface area contributed by atoms with Crippen molar-refractivity contribution in [2.24, 2.45) is 0 Å². The number of nitrogens with zero attached hydrogens (tertiary/aromatic N) is 3. The Kier molecular flexibility index (Phi) is 12.1. The molecular formula is C79H90BN3. The molecule has 1 saturated carbocycles. The van der Waals surface area contributed by atoms with E-state index in [-0.39, 0.29) is 50.2 Å². The zero-order valence-corrected chi connectivity index (χ0v) is 53.7. The molecule has 2 aliphatic carbocycles. The van der Waals surface area contributed by atoms with Crippen LogP contribution in [0.15, 0.2) is 152 Å². The van der Waals surface area contributed by atoms with Gasteiger partial charge in [-0.2, -0.15) is 0 Å². The molecule has 2 atom stereocenters. The molecule has 2 unspecified atom stereocenters. The second-order valence-electron chi connectivity index (χ2n) is 31.9. The second-order valence-corrected chi connectivity index (χ2v) is 31.9. The highest BCUT2D eigenvalue weighted by atomic mass is 15.3. The summed E-state index contributed by atoms with van der Waals surface area (Å²) < 4.78 is 0. The van der Waals surface area contributed by atoms with E-state index in [1.165, 1.54) is 125 Å². The maximum atomic E-state index is 2.94. The minimum Gasteiger partial charge on any atom is -0.335 e. The second kappa shape index (κ2) is 18.1.